The number of nitrogens with one attached hydrogen (secondary N) is 1. The van der Waals surface area contributed by atoms with Crippen LogP contribution in [-0.4, -0.2) is 41.5 Å². The molecular weight excluding hydrogens is 306 g/mol. The monoisotopic (exact) mass is 326 g/mol. The lowest BCUT2D eigenvalue weighted by Gasteiger charge is -2.39. The molecule has 1 aliphatic heterocycles. The van der Waals surface area contributed by atoms with Crippen LogP contribution in [0.1, 0.15) is 26.2 Å². The summed E-state index contributed by atoms with van der Waals surface area (Å²) >= 11 is 0. The Kier molecular flexibility index (Phi) is 5.30. The van der Waals surface area contributed by atoms with Gasteiger partial charge in [0.25, 0.3) is 0 Å². The largest absolute Gasteiger partial charge is 0.396 e. The molecule has 1 aromatic rings. The summed E-state index contributed by atoms with van der Waals surface area (Å²) in [7, 11) is 0. The summed E-state index contributed by atoms with van der Waals surface area (Å²) in [6.45, 7) is 2.83. The number of benzene rings is 1. The molecule has 5 nitrogen and oxygen atoms in total. The summed E-state index contributed by atoms with van der Waals surface area (Å²) in [6, 6.07) is 2.89. The molecule has 1 fully saturated rings. The third-order valence-electron chi connectivity index (χ3n) is 4.57. The number of piperidine rings is 1. The van der Waals surface area contributed by atoms with E-state index in [0.29, 0.717) is 25.9 Å². The highest BCUT2D eigenvalue weighted by molar-refractivity contribution is 6.39. The van der Waals surface area contributed by atoms with E-state index in [0.717, 1.165) is 18.6 Å². The SMILES string of the molecule is CCC1(CO)CCN(C(=O)C(=O)Nc2ccc(F)c(F)c2)CC1. The van der Waals surface area contributed by atoms with Crippen LogP contribution >= 0.6 is 0 Å². The average Bonchev–Trinajstić information content (AvgIpc) is 2.57. The fourth-order valence-corrected chi connectivity index (χ4v) is 2.71. The minimum absolute atomic E-state index is 0.0255. The van der Waals surface area contributed by atoms with Crippen molar-refractivity contribution in [1.82, 2.24) is 4.90 Å². The third-order valence-corrected chi connectivity index (χ3v) is 4.57. The van der Waals surface area contributed by atoms with E-state index in [1.54, 1.807) is 0 Å². The molecule has 0 atom stereocenters. The lowest BCUT2D eigenvalue weighted by molar-refractivity contribution is -0.145. The van der Waals surface area contributed by atoms with Crippen LogP contribution in [0.2, 0.25) is 0 Å². The Labute approximate surface area is 133 Å². The van der Waals surface area contributed by atoms with Gasteiger partial charge in [-0.15, -0.1) is 0 Å². The fourth-order valence-electron chi connectivity index (χ4n) is 2.71. The molecule has 0 unspecified atom stereocenters. The van der Waals surface area contributed by atoms with E-state index >= 15 is 0 Å². The van der Waals surface area contributed by atoms with Gasteiger partial charge >= 0.3 is 11.8 Å². The number of hydrogen-bond acceptors (Lipinski definition) is 3. The maximum atomic E-state index is 13.1. The molecule has 23 heavy (non-hydrogen) atoms. The van der Waals surface area contributed by atoms with Crippen LogP contribution in [0.25, 0.3) is 0 Å². The number of rotatable bonds is 3. The lowest BCUT2D eigenvalue weighted by Crippen LogP contribution is -2.48. The Morgan fingerprint density at radius 3 is 2.43 bits per heavy atom. The second kappa shape index (κ2) is 7.04. The first-order valence-corrected chi connectivity index (χ1v) is 7.57. The van der Waals surface area contributed by atoms with Crippen LogP contribution in [-0.2, 0) is 9.59 Å². The number of aliphatic hydroxyl groups excluding tert-OH is 1. The minimum Gasteiger partial charge on any atom is -0.396 e. The number of carbonyl (C=O) groups is 2. The van der Waals surface area contributed by atoms with Crippen LogP contribution in [0.4, 0.5) is 14.5 Å². The second-order valence-corrected chi connectivity index (χ2v) is 5.89. The highest BCUT2D eigenvalue weighted by Gasteiger charge is 2.35. The van der Waals surface area contributed by atoms with Crippen molar-refractivity contribution in [1.29, 1.82) is 0 Å². The van der Waals surface area contributed by atoms with E-state index in [1.165, 1.54) is 11.0 Å². The smallest absolute Gasteiger partial charge is 0.313 e. The Morgan fingerprint density at radius 1 is 1.26 bits per heavy atom. The molecule has 2 rings (SSSR count). The molecule has 0 radical (unpaired) electrons. The summed E-state index contributed by atoms with van der Waals surface area (Å²) in [5.41, 5.74) is -0.162. The van der Waals surface area contributed by atoms with Crippen LogP contribution in [0.5, 0.6) is 0 Å². The molecular formula is C16H20F2N2O3. The van der Waals surface area contributed by atoms with Gasteiger partial charge in [-0.3, -0.25) is 9.59 Å². The summed E-state index contributed by atoms with van der Waals surface area (Å²) in [5, 5.41) is 11.7. The molecule has 0 aliphatic carbocycles. The third kappa shape index (κ3) is 3.85. The number of anilines is 1. The number of halogens is 2. The number of hydrogen-bond donors (Lipinski definition) is 2. The molecule has 0 bridgehead atoms. The van der Waals surface area contributed by atoms with E-state index in [9.17, 15) is 23.5 Å². The van der Waals surface area contributed by atoms with E-state index in [-0.39, 0.29) is 17.7 Å². The van der Waals surface area contributed by atoms with Crippen molar-refractivity contribution in [3.8, 4) is 0 Å². The fraction of sp³-hybridized carbons (Fsp3) is 0.500. The van der Waals surface area contributed by atoms with E-state index in [1.807, 2.05) is 6.92 Å². The van der Waals surface area contributed by atoms with Crippen LogP contribution < -0.4 is 5.32 Å². The van der Waals surface area contributed by atoms with Crippen molar-refractivity contribution in [2.24, 2.45) is 5.41 Å². The Hall–Kier alpha value is -2.02. The van der Waals surface area contributed by atoms with Gasteiger partial charge in [-0.2, -0.15) is 0 Å². The second-order valence-electron chi connectivity index (χ2n) is 5.89. The molecule has 7 heteroatoms. The van der Waals surface area contributed by atoms with Gasteiger partial charge < -0.3 is 15.3 Å². The van der Waals surface area contributed by atoms with Gasteiger partial charge in [0.15, 0.2) is 11.6 Å². The Morgan fingerprint density at radius 2 is 1.91 bits per heavy atom. The van der Waals surface area contributed by atoms with E-state index in [2.05, 4.69) is 5.32 Å². The maximum Gasteiger partial charge on any atom is 0.313 e. The standard InChI is InChI=1S/C16H20F2N2O3/c1-2-16(10-21)5-7-20(8-6-16)15(23)14(22)19-11-3-4-12(17)13(18)9-11/h3-4,9,21H,2,5-8,10H2,1H3,(H,19,22). The van der Waals surface area contributed by atoms with Gasteiger partial charge in [-0.25, -0.2) is 8.78 Å². The lowest BCUT2D eigenvalue weighted by atomic mass is 9.77. The first kappa shape index (κ1) is 17.3. The molecule has 2 amide bonds. The van der Waals surface area contributed by atoms with Crippen LogP contribution in [0.15, 0.2) is 18.2 Å². The summed E-state index contributed by atoms with van der Waals surface area (Å²) in [4.78, 5) is 25.5. The molecule has 1 heterocycles. The molecule has 0 spiro atoms. The van der Waals surface area contributed by atoms with Gasteiger partial charge in [0, 0.05) is 31.5 Å². The molecule has 1 saturated heterocycles. The van der Waals surface area contributed by atoms with Crippen molar-refractivity contribution < 1.29 is 23.5 Å². The number of nitrogens with zero attached hydrogens (tertiary/aromatic N) is 1. The summed E-state index contributed by atoms with van der Waals surface area (Å²) < 4.78 is 25.9. The number of carbonyl (C=O) groups excluding carboxylic acids is 2. The van der Waals surface area contributed by atoms with Crippen molar-refractivity contribution in [3.63, 3.8) is 0 Å². The van der Waals surface area contributed by atoms with E-state index < -0.39 is 23.4 Å². The number of aliphatic hydroxyl groups is 1. The minimum atomic E-state index is -1.09. The molecule has 0 saturated carbocycles. The highest BCUT2D eigenvalue weighted by Crippen LogP contribution is 2.34. The van der Waals surface area contributed by atoms with Gasteiger partial charge in [-0.05, 0) is 36.8 Å². The summed E-state index contributed by atoms with van der Waals surface area (Å²) in [6.07, 6.45) is 2.07. The zero-order valence-electron chi connectivity index (χ0n) is 12.9. The first-order valence-electron chi connectivity index (χ1n) is 7.57. The quantitative estimate of drug-likeness (QED) is 0.834. The molecule has 1 aromatic carbocycles. The van der Waals surface area contributed by atoms with Crippen molar-refractivity contribution in [2.45, 2.75) is 26.2 Å². The Bertz CT molecular complexity index is 593. The maximum absolute atomic E-state index is 13.1. The summed E-state index contributed by atoms with van der Waals surface area (Å²) in [5.74, 6) is -3.71. The normalized spacial score (nSPS) is 17.0. The molecule has 1 aliphatic rings. The number of amides is 2. The van der Waals surface area contributed by atoms with Gasteiger partial charge in [-0.1, -0.05) is 6.92 Å². The number of likely N-dealkylation sites (tertiary alicyclic amines) is 1. The van der Waals surface area contributed by atoms with E-state index in [4.69, 9.17) is 0 Å². The van der Waals surface area contributed by atoms with Crippen molar-refractivity contribution in [3.05, 3.63) is 29.8 Å². The predicted octanol–water partition coefficient (Wildman–Crippen LogP) is 1.91. The van der Waals surface area contributed by atoms with Crippen LogP contribution in [0.3, 0.4) is 0 Å². The van der Waals surface area contributed by atoms with Crippen molar-refractivity contribution in [2.75, 3.05) is 25.0 Å². The Balaban J connectivity index is 1.95. The molecule has 0 aromatic heterocycles. The molecule has 126 valence electrons. The highest BCUT2D eigenvalue weighted by atomic mass is 19.2. The van der Waals surface area contributed by atoms with Gasteiger partial charge in [0.05, 0.1) is 0 Å². The van der Waals surface area contributed by atoms with Crippen molar-refractivity contribution >= 4 is 17.5 Å². The van der Waals surface area contributed by atoms with Gasteiger partial charge in [0.1, 0.15) is 0 Å². The van der Waals surface area contributed by atoms with Gasteiger partial charge in [0.2, 0.25) is 0 Å². The predicted molar refractivity (Wildman–Crippen MR) is 80.6 cm³/mol. The zero-order valence-corrected chi connectivity index (χ0v) is 12.9. The average molecular weight is 326 g/mol. The first-order chi connectivity index (χ1) is 10.9. The topological polar surface area (TPSA) is 69.6 Å². The zero-order chi connectivity index (χ0) is 17.0. The van der Waals surface area contributed by atoms with Crippen LogP contribution in [0, 0.1) is 17.0 Å². The molecule has 2 N–H and O–H groups in total.